The molecule has 1 atom stereocenters. The fourth-order valence-corrected chi connectivity index (χ4v) is 1.63. The molecule has 0 heterocycles. The fraction of sp³-hybridized carbons (Fsp3) is 0.538. The monoisotopic (exact) mass is 227 g/mol. The second-order valence-corrected chi connectivity index (χ2v) is 4.94. The lowest BCUT2D eigenvalue weighted by Crippen LogP contribution is -2.34. The molecule has 0 radical (unpaired) electrons. The van der Waals surface area contributed by atoms with E-state index in [9.17, 15) is 8.78 Å². The Labute approximate surface area is 95.7 Å². The summed E-state index contributed by atoms with van der Waals surface area (Å²) in [6, 6.07) is 4.04. The lowest BCUT2D eigenvalue weighted by Gasteiger charge is -2.32. The summed E-state index contributed by atoms with van der Waals surface area (Å²) in [7, 11) is 0. The summed E-state index contributed by atoms with van der Waals surface area (Å²) in [6.45, 7) is 6.78. The van der Waals surface area contributed by atoms with Gasteiger partial charge in [0.2, 0.25) is 0 Å². The van der Waals surface area contributed by atoms with E-state index in [1.165, 1.54) is 12.1 Å². The molecule has 0 aliphatic carbocycles. The largest absolute Gasteiger partial charge is 0.330 e. The molecule has 1 rings (SSSR count). The van der Waals surface area contributed by atoms with E-state index in [2.05, 4.69) is 20.8 Å². The van der Waals surface area contributed by atoms with Crippen LogP contribution in [0.2, 0.25) is 0 Å². The highest BCUT2D eigenvalue weighted by Crippen LogP contribution is 2.30. The zero-order chi connectivity index (χ0) is 12.3. The third kappa shape index (κ3) is 2.79. The Morgan fingerprint density at radius 2 is 1.88 bits per heavy atom. The Balaban J connectivity index is 2.90. The van der Waals surface area contributed by atoms with Crippen molar-refractivity contribution in [1.29, 1.82) is 0 Å². The quantitative estimate of drug-likeness (QED) is 0.840. The van der Waals surface area contributed by atoms with Gasteiger partial charge >= 0.3 is 0 Å². The van der Waals surface area contributed by atoms with Crippen LogP contribution in [-0.2, 0) is 6.42 Å². The zero-order valence-electron chi connectivity index (χ0n) is 10.1. The minimum Gasteiger partial charge on any atom is -0.330 e. The fourth-order valence-electron chi connectivity index (χ4n) is 1.63. The van der Waals surface area contributed by atoms with Gasteiger partial charge in [-0.25, -0.2) is 8.78 Å². The minimum atomic E-state index is -0.803. The summed E-state index contributed by atoms with van der Waals surface area (Å²) in [5.41, 5.74) is 6.47. The van der Waals surface area contributed by atoms with Crippen molar-refractivity contribution in [3.8, 4) is 0 Å². The smallest absolute Gasteiger partial charge is 0.159 e. The van der Waals surface area contributed by atoms with Crippen LogP contribution in [-0.4, -0.2) is 6.54 Å². The molecule has 1 unspecified atom stereocenters. The molecule has 90 valence electrons. The van der Waals surface area contributed by atoms with Crippen molar-refractivity contribution in [1.82, 2.24) is 0 Å². The molecule has 2 N–H and O–H groups in total. The molecule has 0 spiro atoms. The van der Waals surface area contributed by atoms with Crippen molar-refractivity contribution in [2.75, 3.05) is 6.54 Å². The molecular weight excluding hydrogens is 208 g/mol. The zero-order valence-corrected chi connectivity index (χ0v) is 10.1. The van der Waals surface area contributed by atoms with Gasteiger partial charge in [0, 0.05) is 0 Å². The van der Waals surface area contributed by atoms with Gasteiger partial charge < -0.3 is 5.73 Å². The highest BCUT2D eigenvalue weighted by atomic mass is 19.2. The second-order valence-electron chi connectivity index (χ2n) is 4.94. The summed E-state index contributed by atoms with van der Waals surface area (Å²) in [6.07, 6.45) is 0.665. The molecule has 0 aliphatic rings. The molecule has 1 nitrogen and oxygen atoms in total. The molecule has 0 bridgehead atoms. The van der Waals surface area contributed by atoms with Crippen molar-refractivity contribution < 1.29 is 8.78 Å². The molecule has 1 aromatic rings. The number of nitrogens with two attached hydrogens (primary N) is 1. The van der Waals surface area contributed by atoms with Crippen molar-refractivity contribution in [2.45, 2.75) is 27.2 Å². The molecule has 0 saturated carbocycles. The Bertz CT molecular complexity index is 363. The van der Waals surface area contributed by atoms with Crippen molar-refractivity contribution in [3.63, 3.8) is 0 Å². The third-order valence-electron chi connectivity index (χ3n) is 3.45. The summed E-state index contributed by atoms with van der Waals surface area (Å²) < 4.78 is 25.8. The Morgan fingerprint density at radius 1 is 1.25 bits per heavy atom. The van der Waals surface area contributed by atoms with E-state index in [0.29, 0.717) is 18.9 Å². The Kier molecular flexibility index (Phi) is 4.03. The summed E-state index contributed by atoms with van der Waals surface area (Å²) in [4.78, 5) is 0. The van der Waals surface area contributed by atoms with Gasteiger partial charge in [-0.3, -0.25) is 0 Å². The molecule has 0 aliphatic heterocycles. The van der Waals surface area contributed by atoms with Crippen LogP contribution in [0.25, 0.3) is 0 Å². The topological polar surface area (TPSA) is 26.0 Å². The maximum absolute atomic E-state index is 13.1. The first kappa shape index (κ1) is 13.1. The summed E-state index contributed by atoms with van der Waals surface area (Å²) in [5.74, 6) is -1.20. The van der Waals surface area contributed by atoms with E-state index in [4.69, 9.17) is 5.73 Å². The maximum Gasteiger partial charge on any atom is 0.159 e. The lowest BCUT2D eigenvalue weighted by atomic mass is 9.74. The van der Waals surface area contributed by atoms with E-state index >= 15 is 0 Å². The highest BCUT2D eigenvalue weighted by Gasteiger charge is 2.27. The van der Waals surface area contributed by atoms with Crippen LogP contribution in [0.5, 0.6) is 0 Å². The van der Waals surface area contributed by atoms with Crippen LogP contribution in [0.3, 0.4) is 0 Å². The number of hydrogen-bond acceptors (Lipinski definition) is 1. The van der Waals surface area contributed by atoms with Gasteiger partial charge in [0.15, 0.2) is 11.6 Å². The van der Waals surface area contributed by atoms with Crippen LogP contribution >= 0.6 is 0 Å². The van der Waals surface area contributed by atoms with E-state index in [1.807, 2.05) is 0 Å². The first-order valence-electron chi connectivity index (χ1n) is 5.53. The maximum atomic E-state index is 13.1. The van der Waals surface area contributed by atoms with E-state index < -0.39 is 11.6 Å². The average molecular weight is 227 g/mol. The molecule has 0 fully saturated rings. The minimum absolute atomic E-state index is 0.0791. The van der Waals surface area contributed by atoms with Crippen LogP contribution in [0.4, 0.5) is 8.78 Å². The summed E-state index contributed by atoms with van der Waals surface area (Å²) in [5, 5.41) is 0. The second kappa shape index (κ2) is 4.91. The average Bonchev–Trinajstić information content (AvgIpc) is 2.23. The van der Waals surface area contributed by atoms with Gasteiger partial charge in [0.05, 0.1) is 0 Å². The van der Waals surface area contributed by atoms with Crippen molar-refractivity contribution >= 4 is 0 Å². The molecular formula is C13H19F2N. The first-order chi connectivity index (χ1) is 7.39. The van der Waals surface area contributed by atoms with Crippen molar-refractivity contribution in [2.24, 2.45) is 17.1 Å². The molecule has 0 aromatic heterocycles. The lowest BCUT2D eigenvalue weighted by molar-refractivity contribution is 0.227. The van der Waals surface area contributed by atoms with Crippen LogP contribution < -0.4 is 5.73 Å². The van der Waals surface area contributed by atoms with Gasteiger partial charge in [0.1, 0.15) is 0 Å². The predicted octanol–water partition coefficient (Wildman–Crippen LogP) is 3.13. The van der Waals surface area contributed by atoms with E-state index in [1.54, 1.807) is 6.07 Å². The standard InChI is InChI=1S/C13H19F2N/c1-9(2)13(3,8-16)7-10-4-5-11(14)12(15)6-10/h4-6,9H,7-8,16H2,1-3H3. The van der Waals surface area contributed by atoms with Gasteiger partial charge in [-0.05, 0) is 42.0 Å². The van der Waals surface area contributed by atoms with Gasteiger partial charge in [0.25, 0.3) is 0 Å². The van der Waals surface area contributed by atoms with Crippen LogP contribution in [0.15, 0.2) is 18.2 Å². The number of halogens is 2. The van der Waals surface area contributed by atoms with Crippen LogP contribution in [0.1, 0.15) is 26.3 Å². The summed E-state index contributed by atoms with van der Waals surface area (Å²) >= 11 is 0. The Morgan fingerprint density at radius 3 is 2.31 bits per heavy atom. The SMILES string of the molecule is CC(C)C(C)(CN)Cc1ccc(F)c(F)c1. The molecule has 3 heteroatoms. The van der Waals surface area contributed by atoms with Crippen molar-refractivity contribution in [3.05, 3.63) is 35.4 Å². The van der Waals surface area contributed by atoms with Crippen LogP contribution in [0, 0.1) is 23.0 Å². The molecule has 16 heavy (non-hydrogen) atoms. The number of hydrogen-bond donors (Lipinski definition) is 1. The predicted molar refractivity (Wildman–Crippen MR) is 62.1 cm³/mol. The normalized spacial score (nSPS) is 15.2. The molecule has 1 aromatic carbocycles. The van der Waals surface area contributed by atoms with Gasteiger partial charge in [-0.2, -0.15) is 0 Å². The number of benzene rings is 1. The highest BCUT2D eigenvalue weighted by molar-refractivity contribution is 5.19. The van der Waals surface area contributed by atoms with E-state index in [-0.39, 0.29) is 5.41 Å². The first-order valence-corrected chi connectivity index (χ1v) is 5.53. The van der Waals surface area contributed by atoms with Gasteiger partial charge in [-0.15, -0.1) is 0 Å². The van der Waals surface area contributed by atoms with Gasteiger partial charge in [-0.1, -0.05) is 26.8 Å². The Hall–Kier alpha value is -0.960. The van der Waals surface area contributed by atoms with E-state index in [0.717, 1.165) is 5.56 Å². The number of rotatable bonds is 4. The molecule has 0 amide bonds. The molecule has 0 saturated heterocycles. The third-order valence-corrected chi connectivity index (χ3v) is 3.45.